The quantitative estimate of drug-likeness (QED) is 0.897. The minimum atomic E-state index is -0.219. The number of nitrogens with zero attached hydrogens (tertiary/aromatic N) is 2. The van der Waals surface area contributed by atoms with Gasteiger partial charge in [-0.2, -0.15) is 0 Å². The third-order valence-corrected chi connectivity index (χ3v) is 2.75. The molecule has 94 valence electrons. The number of anilines is 2. The Morgan fingerprint density at radius 2 is 2.11 bits per heavy atom. The first kappa shape index (κ1) is 12.4. The van der Waals surface area contributed by atoms with Crippen LogP contribution in [0.3, 0.4) is 0 Å². The van der Waals surface area contributed by atoms with Crippen molar-refractivity contribution in [2.24, 2.45) is 0 Å². The Balaban J connectivity index is 2.08. The molecule has 4 heteroatoms. The molecule has 0 spiro atoms. The maximum atomic E-state index is 13.1. The van der Waals surface area contributed by atoms with Crippen LogP contribution in [0, 0.1) is 5.82 Å². The number of benzene rings is 1. The van der Waals surface area contributed by atoms with Crippen LogP contribution in [0.5, 0.6) is 0 Å². The van der Waals surface area contributed by atoms with E-state index in [-0.39, 0.29) is 5.82 Å². The first-order valence-electron chi connectivity index (χ1n) is 5.78. The number of pyridine rings is 1. The molecular weight excluding hydrogens is 229 g/mol. The van der Waals surface area contributed by atoms with E-state index in [0.29, 0.717) is 6.54 Å². The molecule has 0 saturated heterocycles. The van der Waals surface area contributed by atoms with Gasteiger partial charge >= 0.3 is 0 Å². The van der Waals surface area contributed by atoms with Crippen molar-refractivity contribution >= 4 is 11.5 Å². The molecule has 0 amide bonds. The van der Waals surface area contributed by atoms with E-state index in [4.69, 9.17) is 0 Å². The molecule has 0 fully saturated rings. The molecule has 1 N–H and O–H groups in total. The number of halogens is 1. The standard InChI is InChI=1S/C14H16FN3/c1-16-14-7-6-11(9-17-14)10-18(2)13-5-3-4-12(15)8-13/h3-9H,10H2,1-2H3,(H,16,17). The number of aromatic nitrogens is 1. The molecule has 0 radical (unpaired) electrons. The molecule has 1 aromatic carbocycles. The summed E-state index contributed by atoms with van der Waals surface area (Å²) in [7, 11) is 3.77. The fourth-order valence-electron chi connectivity index (χ4n) is 1.74. The smallest absolute Gasteiger partial charge is 0.125 e. The average molecular weight is 245 g/mol. The van der Waals surface area contributed by atoms with Gasteiger partial charge in [0.25, 0.3) is 0 Å². The van der Waals surface area contributed by atoms with Crippen LogP contribution in [-0.4, -0.2) is 19.1 Å². The minimum absolute atomic E-state index is 0.219. The van der Waals surface area contributed by atoms with Crippen LogP contribution in [0.15, 0.2) is 42.6 Å². The van der Waals surface area contributed by atoms with Gasteiger partial charge in [-0.3, -0.25) is 0 Å². The van der Waals surface area contributed by atoms with Crippen molar-refractivity contribution in [1.29, 1.82) is 0 Å². The fourth-order valence-corrected chi connectivity index (χ4v) is 1.74. The van der Waals surface area contributed by atoms with Crippen molar-refractivity contribution < 1.29 is 4.39 Å². The van der Waals surface area contributed by atoms with Crippen molar-refractivity contribution in [3.63, 3.8) is 0 Å². The second-order valence-electron chi connectivity index (χ2n) is 4.14. The van der Waals surface area contributed by atoms with E-state index in [9.17, 15) is 4.39 Å². The van der Waals surface area contributed by atoms with E-state index >= 15 is 0 Å². The first-order chi connectivity index (χ1) is 8.69. The van der Waals surface area contributed by atoms with Gasteiger partial charge < -0.3 is 10.2 Å². The van der Waals surface area contributed by atoms with Crippen LogP contribution in [0.4, 0.5) is 15.9 Å². The van der Waals surface area contributed by atoms with Gasteiger partial charge in [0.1, 0.15) is 11.6 Å². The monoisotopic (exact) mass is 245 g/mol. The summed E-state index contributed by atoms with van der Waals surface area (Å²) in [4.78, 5) is 6.23. The summed E-state index contributed by atoms with van der Waals surface area (Å²) in [5, 5.41) is 2.97. The fraction of sp³-hybridized carbons (Fsp3) is 0.214. The zero-order chi connectivity index (χ0) is 13.0. The summed E-state index contributed by atoms with van der Waals surface area (Å²) in [6, 6.07) is 10.5. The van der Waals surface area contributed by atoms with Gasteiger partial charge in [0, 0.05) is 32.5 Å². The van der Waals surface area contributed by atoms with Gasteiger partial charge in [0.05, 0.1) is 0 Å². The summed E-state index contributed by atoms with van der Waals surface area (Å²) in [5.41, 5.74) is 1.94. The van der Waals surface area contributed by atoms with Gasteiger partial charge in [0.2, 0.25) is 0 Å². The summed E-state index contributed by atoms with van der Waals surface area (Å²) >= 11 is 0. The summed E-state index contributed by atoms with van der Waals surface area (Å²) in [5.74, 6) is 0.621. The molecule has 0 atom stereocenters. The van der Waals surface area contributed by atoms with Crippen molar-refractivity contribution in [2.45, 2.75) is 6.54 Å². The lowest BCUT2D eigenvalue weighted by atomic mass is 10.2. The Labute approximate surface area is 106 Å². The highest BCUT2D eigenvalue weighted by Gasteiger charge is 2.03. The second-order valence-corrected chi connectivity index (χ2v) is 4.14. The molecule has 0 unspecified atom stereocenters. The Kier molecular flexibility index (Phi) is 3.77. The summed E-state index contributed by atoms with van der Waals surface area (Å²) in [6.07, 6.45) is 1.82. The Hall–Kier alpha value is -2.10. The summed E-state index contributed by atoms with van der Waals surface area (Å²) in [6.45, 7) is 0.695. The predicted octanol–water partition coefficient (Wildman–Crippen LogP) is 2.90. The Morgan fingerprint density at radius 3 is 2.72 bits per heavy atom. The Morgan fingerprint density at radius 1 is 1.28 bits per heavy atom. The maximum absolute atomic E-state index is 13.1. The maximum Gasteiger partial charge on any atom is 0.125 e. The molecule has 3 nitrogen and oxygen atoms in total. The number of rotatable bonds is 4. The SMILES string of the molecule is CNc1ccc(CN(C)c2cccc(F)c2)cn1. The second kappa shape index (κ2) is 5.49. The Bertz CT molecular complexity index is 511. The highest BCUT2D eigenvalue weighted by molar-refractivity contribution is 5.46. The van der Waals surface area contributed by atoms with E-state index in [2.05, 4.69) is 10.3 Å². The number of hydrogen-bond acceptors (Lipinski definition) is 3. The van der Waals surface area contributed by atoms with E-state index in [1.165, 1.54) is 12.1 Å². The van der Waals surface area contributed by atoms with Crippen molar-refractivity contribution in [3.05, 3.63) is 54.0 Å². The molecule has 0 aliphatic rings. The van der Waals surface area contributed by atoms with Gasteiger partial charge in [-0.1, -0.05) is 12.1 Å². The molecule has 0 saturated carbocycles. The average Bonchev–Trinajstić information content (AvgIpc) is 2.39. The van der Waals surface area contributed by atoms with Crippen LogP contribution in [-0.2, 0) is 6.54 Å². The molecule has 2 aromatic rings. The van der Waals surface area contributed by atoms with E-state index in [1.807, 2.05) is 43.4 Å². The topological polar surface area (TPSA) is 28.2 Å². The minimum Gasteiger partial charge on any atom is -0.373 e. The third kappa shape index (κ3) is 2.97. The molecule has 2 rings (SSSR count). The largest absolute Gasteiger partial charge is 0.373 e. The molecule has 1 aromatic heterocycles. The lowest BCUT2D eigenvalue weighted by Crippen LogP contribution is -2.16. The van der Waals surface area contributed by atoms with E-state index in [1.54, 1.807) is 6.07 Å². The molecule has 18 heavy (non-hydrogen) atoms. The van der Waals surface area contributed by atoms with Crippen molar-refractivity contribution in [1.82, 2.24) is 4.98 Å². The van der Waals surface area contributed by atoms with Crippen LogP contribution < -0.4 is 10.2 Å². The lowest BCUT2D eigenvalue weighted by Gasteiger charge is -2.19. The third-order valence-electron chi connectivity index (χ3n) is 2.75. The number of nitrogens with one attached hydrogen (secondary N) is 1. The normalized spacial score (nSPS) is 10.2. The zero-order valence-corrected chi connectivity index (χ0v) is 10.5. The first-order valence-corrected chi connectivity index (χ1v) is 5.78. The zero-order valence-electron chi connectivity index (χ0n) is 10.5. The van der Waals surface area contributed by atoms with Gasteiger partial charge in [0.15, 0.2) is 0 Å². The van der Waals surface area contributed by atoms with Crippen LogP contribution >= 0.6 is 0 Å². The predicted molar refractivity (Wildman–Crippen MR) is 72.3 cm³/mol. The van der Waals surface area contributed by atoms with Crippen molar-refractivity contribution in [2.75, 3.05) is 24.3 Å². The molecule has 0 aliphatic heterocycles. The van der Waals surface area contributed by atoms with Gasteiger partial charge in [-0.15, -0.1) is 0 Å². The molecule has 0 bridgehead atoms. The highest BCUT2D eigenvalue weighted by Crippen LogP contribution is 2.16. The number of hydrogen-bond donors (Lipinski definition) is 1. The molecule has 1 heterocycles. The van der Waals surface area contributed by atoms with Gasteiger partial charge in [-0.25, -0.2) is 9.37 Å². The highest BCUT2D eigenvalue weighted by atomic mass is 19.1. The van der Waals surface area contributed by atoms with Crippen molar-refractivity contribution in [3.8, 4) is 0 Å². The van der Waals surface area contributed by atoms with Crippen LogP contribution in [0.2, 0.25) is 0 Å². The van der Waals surface area contributed by atoms with Crippen LogP contribution in [0.25, 0.3) is 0 Å². The summed E-state index contributed by atoms with van der Waals surface area (Å²) < 4.78 is 13.1. The molecule has 0 aliphatic carbocycles. The molecular formula is C14H16FN3. The van der Waals surface area contributed by atoms with Crippen LogP contribution in [0.1, 0.15) is 5.56 Å². The van der Waals surface area contributed by atoms with E-state index < -0.39 is 0 Å². The van der Waals surface area contributed by atoms with E-state index in [0.717, 1.165) is 17.1 Å². The lowest BCUT2D eigenvalue weighted by molar-refractivity contribution is 0.627. The van der Waals surface area contributed by atoms with Gasteiger partial charge in [-0.05, 0) is 29.8 Å².